The van der Waals surface area contributed by atoms with Crippen LogP contribution >= 0.6 is 0 Å². The van der Waals surface area contributed by atoms with Crippen molar-refractivity contribution >= 4 is 38.6 Å². The second-order valence-electron chi connectivity index (χ2n) is 12.5. The average molecular weight is 626 g/mol. The zero-order chi connectivity index (χ0) is 31.2. The molecule has 3 aliphatic carbocycles. The topological polar surface area (TPSA) is 157 Å². The number of amides is 3. The molecule has 3 saturated carbocycles. The molecular weight excluding hydrogens is 586 g/mol. The zero-order valence-corrected chi connectivity index (χ0v) is 26.1. The van der Waals surface area contributed by atoms with Gasteiger partial charge in [0.2, 0.25) is 27.7 Å². The first-order valence-corrected chi connectivity index (χ1v) is 16.8. The zero-order valence-electron chi connectivity index (χ0n) is 25.2. The normalized spacial score (nSPS) is 29.3. The Hall–Kier alpha value is -3.74. The Morgan fingerprint density at radius 2 is 1.91 bits per heavy atom. The number of nitrogens with one attached hydrogen (secondary N) is 2. The number of ether oxygens (including phenoxy) is 2. The van der Waals surface area contributed by atoms with Crippen LogP contribution in [0.1, 0.15) is 56.9 Å². The van der Waals surface area contributed by atoms with Gasteiger partial charge in [-0.3, -0.25) is 19.1 Å². The fourth-order valence-electron chi connectivity index (χ4n) is 6.59. The van der Waals surface area contributed by atoms with Gasteiger partial charge < -0.3 is 19.7 Å². The first-order chi connectivity index (χ1) is 21.0. The highest BCUT2D eigenvalue weighted by atomic mass is 32.2. The van der Waals surface area contributed by atoms with Gasteiger partial charge in [0.15, 0.2) is 0 Å². The van der Waals surface area contributed by atoms with Crippen molar-refractivity contribution in [2.24, 2.45) is 17.8 Å². The van der Waals surface area contributed by atoms with E-state index in [0.29, 0.717) is 54.8 Å². The van der Waals surface area contributed by atoms with Crippen LogP contribution in [-0.4, -0.2) is 78.6 Å². The predicted molar refractivity (Wildman–Crippen MR) is 161 cm³/mol. The predicted octanol–water partition coefficient (Wildman–Crippen LogP) is 2.40. The largest absolute Gasteiger partial charge is 0.496 e. The molecule has 3 fully saturated rings. The van der Waals surface area contributed by atoms with Crippen LogP contribution in [0.3, 0.4) is 0 Å². The molecule has 13 heteroatoms. The van der Waals surface area contributed by atoms with E-state index in [1.54, 1.807) is 19.1 Å². The lowest BCUT2D eigenvalue weighted by atomic mass is 9.93. The van der Waals surface area contributed by atoms with Gasteiger partial charge in [-0.2, -0.15) is 0 Å². The lowest BCUT2D eigenvalue weighted by molar-refractivity contribution is -0.140. The number of methoxy groups -OCH3 is 1. The lowest BCUT2D eigenvalue weighted by Crippen LogP contribution is -2.54. The van der Waals surface area contributed by atoms with Gasteiger partial charge in [-0.25, -0.2) is 18.4 Å². The van der Waals surface area contributed by atoms with Gasteiger partial charge in [0.05, 0.1) is 35.1 Å². The van der Waals surface area contributed by atoms with Crippen LogP contribution in [0.15, 0.2) is 30.6 Å². The van der Waals surface area contributed by atoms with E-state index < -0.39 is 50.6 Å². The molecule has 2 aromatic rings. The number of benzene rings is 1. The molecule has 12 nitrogen and oxygen atoms in total. The number of aromatic nitrogens is 2. The lowest BCUT2D eigenvalue weighted by Gasteiger charge is -2.26. The molecular formula is C31H39N5O7S. The van der Waals surface area contributed by atoms with Crippen molar-refractivity contribution in [2.75, 3.05) is 20.7 Å². The number of rotatable bonds is 6. The highest BCUT2D eigenvalue weighted by Gasteiger charge is 2.62. The quantitative estimate of drug-likeness (QED) is 0.460. The number of sulfonamides is 1. The van der Waals surface area contributed by atoms with Gasteiger partial charge in [-0.1, -0.05) is 12.2 Å². The Bertz CT molecular complexity index is 1620. The number of allylic oxidation sites excluding steroid dienone is 1. The van der Waals surface area contributed by atoms with Crippen LogP contribution in [0.5, 0.6) is 11.6 Å². The summed E-state index contributed by atoms with van der Waals surface area (Å²) in [7, 11) is -0.466. The highest BCUT2D eigenvalue weighted by molar-refractivity contribution is 7.91. The maximum Gasteiger partial charge on any atom is 0.259 e. The monoisotopic (exact) mass is 625 g/mol. The molecule has 4 aliphatic rings. The van der Waals surface area contributed by atoms with E-state index in [0.717, 1.165) is 24.8 Å². The molecule has 2 N–H and O–H groups in total. The molecule has 0 saturated heterocycles. The van der Waals surface area contributed by atoms with E-state index in [1.807, 2.05) is 31.2 Å². The summed E-state index contributed by atoms with van der Waals surface area (Å²) in [5, 5.41) is 3.03. The second kappa shape index (κ2) is 11.6. The van der Waals surface area contributed by atoms with Crippen LogP contribution < -0.4 is 19.5 Å². The summed E-state index contributed by atoms with van der Waals surface area (Å²) < 4.78 is 39.3. The van der Waals surface area contributed by atoms with Crippen LogP contribution in [0, 0.1) is 24.7 Å². The minimum Gasteiger partial charge on any atom is -0.496 e. The fourth-order valence-corrected chi connectivity index (χ4v) is 7.96. The molecule has 1 unspecified atom stereocenters. The van der Waals surface area contributed by atoms with E-state index in [2.05, 4.69) is 20.0 Å². The molecule has 0 bridgehead atoms. The third-order valence-corrected chi connectivity index (χ3v) is 11.3. The Kier molecular flexibility index (Phi) is 8.02. The second-order valence-corrected chi connectivity index (χ2v) is 14.5. The molecule has 5 atom stereocenters. The minimum atomic E-state index is -3.80. The first-order valence-electron chi connectivity index (χ1n) is 15.3. The number of hydrogen-bond donors (Lipinski definition) is 2. The molecule has 6 rings (SSSR count). The van der Waals surface area contributed by atoms with E-state index >= 15 is 0 Å². The molecule has 1 aliphatic heterocycles. The molecule has 0 radical (unpaired) electrons. The van der Waals surface area contributed by atoms with Gasteiger partial charge >= 0.3 is 0 Å². The van der Waals surface area contributed by atoms with E-state index in [9.17, 15) is 22.8 Å². The SMILES string of the molecule is COc1ccc2c(O[C@H]3CC4C(=O)N(C)CCCCC=C[C@@H]5C[C@@]5(C(=O)NS(=O)(=O)C5CC5)NC(=O)[C@@H]4C3)ncnc2c1C. The number of nitrogens with zero attached hydrogens (tertiary/aromatic N) is 3. The number of carbonyl (C=O) groups excluding carboxylic acids is 3. The van der Waals surface area contributed by atoms with Gasteiger partial charge in [-0.05, 0) is 70.4 Å². The van der Waals surface area contributed by atoms with Gasteiger partial charge in [0.1, 0.15) is 23.7 Å². The molecule has 3 amide bonds. The van der Waals surface area contributed by atoms with E-state index in [4.69, 9.17) is 9.47 Å². The fraction of sp³-hybridized carbons (Fsp3) is 0.581. The van der Waals surface area contributed by atoms with Crippen molar-refractivity contribution in [3.63, 3.8) is 0 Å². The highest BCUT2D eigenvalue weighted by Crippen LogP contribution is 2.47. The van der Waals surface area contributed by atoms with Crippen molar-refractivity contribution in [1.29, 1.82) is 0 Å². The maximum atomic E-state index is 14.0. The average Bonchev–Trinajstić information content (AvgIpc) is 3.92. The number of aryl methyl sites for hydroxylation is 1. The van der Waals surface area contributed by atoms with Gasteiger partial charge in [0.25, 0.3) is 5.91 Å². The van der Waals surface area contributed by atoms with Crippen LogP contribution in [0.2, 0.25) is 0 Å². The van der Waals surface area contributed by atoms with E-state index in [-0.39, 0.29) is 18.2 Å². The summed E-state index contributed by atoms with van der Waals surface area (Å²) in [6.45, 7) is 2.47. The van der Waals surface area contributed by atoms with E-state index in [1.165, 1.54) is 6.33 Å². The summed E-state index contributed by atoms with van der Waals surface area (Å²) in [5.41, 5.74) is 0.145. The first kappa shape index (κ1) is 30.3. The molecule has 0 spiro atoms. The summed E-state index contributed by atoms with van der Waals surface area (Å²) in [4.78, 5) is 51.6. The Balaban J connectivity index is 1.27. The Labute approximate surface area is 257 Å². The number of hydrogen-bond acceptors (Lipinski definition) is 9. The minimum absolute atomic E-state index is 0.154. The third-order valence-electron chi connectivity index (χ3n) is 9.47. The van der Waals surface area contributed by atoms with Crippen molar-refractivity contribution in [3.05, 3.63) is 36.2 Å². The molecule has 1 aromatic carbocycles. The van der Waals surface area contributed by atoms with Crippen LogP contribution in [0.4, 0.5) is 0 Å². The number of fused-ring (bicyclic) bond motifs is 3. The summed E-state index contributed by atoms with van der Waals surface area (Å²) in [6.07, 6.45) is 9.04. The third kappa shape index (κ3) is 5.73. The smallest absolute Gasteiger partial charge is 0.259 e. The van der Waals surface area contributed by atoms with Gasteiger partial charge in [0, 0.05) is 25.1 Å². The van der Waals surface area contributed by atoms with Crippen molar-refractivity contribution in [1.82, 2.24) is 24.9 Å². The van der Waals surface area contributed by atoms with Crippen molar-refractivity contribution in [2.45, 2.75) is 75.2 Å². The Morgan fingerprint density at radius 1 is 1.14 bits per heavy atom. The number of carbonyl (C=O) groups is 3. The maximum absolute atomic E-state index is 14.0. The Morgan fingerprint density at radius 3 is 2.66 bits per heavy atom. The molecule has 1 aromatic heterocycles. The molecule has 44 heavy (non-hydrogen) atoms. The molecule has 236 valence electrons. The summed E-state index contributed by atoms with van der Waals surface area (Å²) >= 11 is 0. The van der Waals surface area contributed by atoms with Crippen molar-refractivity contribution < 1.29 is 32.3 Å². The standard InChI is InChI=1S/C31H39N5O7S/c1-18-25(42-3)12-11-22-26(18)32-17-33-28(22)43-20-14-23-24(15-20)29(38)36(2)13-7-5-4-6-8-19-16-31(19,34-27(23)37)30(39)35-44(40,41)21-9-10-21/h6,8,11-12,17,19-21,23-24H,4-5,7,9-10,13-16H2,1-3H3,(H,34,37)(H,35,39)/t19-,20-,23-,24?,31-/m1/s1. The van der Waals surface area contributed by atoms with Crippen molar-refractivity contribution in [3.8, 4) is 11.6 Å². The summed E-state index contributed by atoms with van der Waals surface area (Å²) in [6, 6.07) is 3.65. The summed E-state index contributed by atoms with van der Waals surface area (Å²) in [5.74, 6) is -2.07. The van der Waals surface area contributed by atoms with Crippen LogP contribution in [-0.2, 0) is 24.4 Å². The van der Waals surface area contributed by atoms with Crippen LogP contribution in [0.25, 0.3) is 10.9 Å². The van der Waals surface area contributed by atoms with Gasteiger partial charge in [-0.15, -0.1) is 0 Å². The molecule has 2 heterocycles.